The number of benzene rings is 2. The Morgan fingerprint density at radius 2 is 2.00 bits per heavy atom. The zero-order valence-corrected chi connectivity index (χ0v) is 13.2. The smallest absolute Gasteiger partial charge is 0.150 e. The van der Waals surface area contributed by atoms with Crippen LogP contribution in [0.15, 0.2) is 52.4 Å². The topological polar surface area (TPSA) is 65.3 Å². The summed E-state index contributed by atoms with van der Waals surface area (Å²) in [6.07, 6.45) is 0.778. The second-order valence-electron chi connectivity index (χ2n) is 5.06. The van der Waals surface area contributed by atoms with Gasteiger partial charge in [-0.3, -0.25) is 15.0 Å². The van der Waals surface area contributed by atoms with Crippen molar-refractivity contribution in [2.24, 2.45) is 9.98 Å². The van der Waals surface area contributed by atoms with Crippen LogP contribution in [0, 0.1) is 0 Å². The van der Waals surface area contributed by atoms with Gasteiger partial charge >= 0.3 is 0 Å². The lowest BCUT2D eigenvalue weighted by Crippen LogP contribution is -2.31. The number of aliphatic imine (C=N–C) groups is 1. The van der Waals surface area contributed by atoms with Crippen molar-refractivity contribution in [1.29, 1.82) is 0 Å². The molecule has 3 rings (SSSR count). The highest BCUT2D eigenvalue weighted by molar-refractivity contribution is 6.30. The van der Waals surface area contributed by atoms with Crippen molar-refractivity contribution in [3.8, 4) is 0 Å². The van der Waals surface area contributed by atoms with Gasteiger partial charge in [-0.1, -0.05) is 35.9 Å². The van der Waals surface area contributed by atoms with Crippen molar-refractivity contribution in [3.05, 3.63) is 69.2 Å². The summed E-state index contributed by atoms with van der Waals surface area (Å²) < 4.78 is 0. The fourth-order valence-corrected chi connectivity index (χ4v) is 2.64. The summed E-state index contributed by atoms with van der Waals surface area (Å²) in [7, 11) is 1.63. The Bertz CT molecular complexity index is 904. The summed E-state index contributed by atoms with van der Waals surface area (Å²) >= 11 is 6.12. The van der Waals surface area contributed by atoms with E-state index in [2.05, 4.69) is 9.98 Å². The molecule has 1 heterocycles. The van der Waals surface area contributed by atoms with Crippen LogP contribution in [0.1, 0.15) is 15.9 Å². The molecule has 0 amide bonds. The number of hydroxylamine groups is 2. The number of hydrogen-bond acceptors (Lipinski definition) is 4. The van der Waals surface area contributed by atoms with Crippen molar-refractivity contribution in [2.75, 3.05) is 13.6 Å². The molecule has 23 heavy (non-hydrogen) atoms. The van der Waals surface area contributed by atoms with Crippen LogP contribution in [0.4, 0.5) is 0 Å². The molecule has 0 radical (unpaired) electrons. The maximum absolute atomic E-state index is 10.8. The molecule has 0 aromatic heterocycles. The van der Waals surface area contributed by atoms with E-state index in [-0.39, 0.29) is 6.54 Å². The minimum Gasteiger partial charge on any atom is -0.298 e. The van der Waals surface area contributed by atoms with Crippen LogP contribution in [-0.4, -0.2) is 36.0 Å². The molecule has 0 bridgehead atoms. The molecule has 0 spiro atoms. The van der Waals surface area contributed by atoms with Gasteiger partial charge < -0.3 is 0 Å². The SMILES string of the molecule is CN=C1CN(O)C(c2ccc(C=O)cc2)=c2cc(Cl)ccc2=N1. The normalized spacial score (nSPS) is 15.9. The quantitative estimate of drug-likeness (QED) is 0.853. The third-order valence-corrected chi connectivity index (χ3v) is 3.83. The van der Waals surface area contributed by atoms with Gasteiger partial charge in [-0.05, 0) is 18.2 Å². The Morgan fingerprint density at radius 1 is 1.26 bits per heavy atom. The van der Waals surface area contributed by atoms with E-state index in [4.69, 9.17) is 11.6 Å². The maximum atomic E-state index is 10.8. The summed E-state index contributed by atoms with van der Waals surface area (Å²) in [6.45, 7) is 0.160. The lowest BCUT2D eigenvalue weighted by Gasteiger charge is -2.19. The molecule has 2 aromatic carbocycles. The van der Waals surface area contributed by atoms with E-state index in [1.165, 1.54) is 0 Å². The number of amidine groups is 1. The predicted molar refractivity (Wildman–Crippen MR) is 88.4 cm³/mol. The number of carbonyl (C=O) groups is 1. The standard InChI is InChI=1S/C17H14ClN3O2/c1-19-16-9-21(23)17(12-4-2-11(10-22)3-5-12)14-8-13(18)6-7-15(14)20-16/h2-8,10,23H,9H2,1H3. The van der Waals surface area contributed by atoms with Crippen LogP contribution < -0.4 is 10.6 Å². The lowest BCUT2D eigenvalue weighted by atomic mass is 10.1. The number of carbonyl (C=O) groups excluding carboxylic acids is 1. The van der Waals surface area contributed by atoms with Crippen molar-refractivity contribution in [2.45, 2.75) is 0 Å². The zero-order valence-electron chi connectivity index (χ0n) is 12.4. The van der Waals surface area contributed by atoms with Gasteiger partial charge in [0.2, 0.25) is 0 Å². The second kappa shape index (κ2) is 6.32. The highest BCUT2D eigenvalue weighted by Crippen LogP contribution is 2.17. The molecule has 0 fully saturated rings. The van der Waals surface area contributed by atoms with Crippen molar-refractivity contribution in [1.82, 2.24) is 5.06 Å². The summed E-state index contributed by atoms with van der Waals surface area (Å²) in [5.74, 6) is 0.510. The molecule has 0 aliphatic carbocycles. The Labute approximate surface area is 137 Å². The summed E-state index contributed by atoms with van der Waals surface area (Å²) in [4.78, 5) is 19.4. The van der Waals surface area contributed by atoms with E-state index < -0.39 is 0 Å². The number of aldehydes is 1. The van der Waals surface area contributed by atoms with Crippen LogP contribution >= 0.6 is 11.6 Å². The lowest BCUT2D eigenvalue weighted by molar-refractivity contribution is -0.0119. The van der Waals surface area contributed by atoms with E-state index in [0.29, 0.717) is 32.7 Å². The minimum absolute atomic E-state index is 0.160. The average molecular weight is 328 g/mol. The molecular weight excluding hydrogens is 314 g/mol. The number of rotatable bonds is 2. The van der Waals surface area contributed by atoms with Gasteiger partial charge in [0, 0.05) is 28.4 Å². The highest BCUT2D eigenvalue weighted by Gasteiger charge is 2.17. The van der Waals surface area contributed by atoms with Crippen molar-refractivity contribution < 1.29 is 10.0 Å². The minimum atomic E-state index is 0.160. The molecular formula is C17H14ClN3O2. The fourth-order valence-electron chi connectivity index (χ4n) is 2.47. The third-order valence-electron chi connectivity index (χ3n) is 3.59. The predicted octanol–water partition coefficient (Wildman–Crippen LogP) is 1.66. The van der Waals surface area contributed by atoms with E-state index >= 15 is 0 Å². The molecule has 5 nitrogen and oxygen atoms in total. The number of hydrogen-bond donors (Lipinski definition) is 1. The van der Waals surface area contributed by atoms with Crippen LogP contribution in [0.25, 0.3) is 5.70 Å². The van der Waals surface area contributed by atoms with Crippen LogP contribution in [-0.2, 0) is 0 Å². The largest absolute Gasteiger partial charge is 0.298 e. The maximum Gasteiger partial charge on any atom is 0.150 e. The van der Waals surface area contributed by atoms with E-state index in [1.54, 1.807) is 49.5 Å². The molecule has 0 saturated heterocycles. The van der Waals surface area contributed by atoms with E-state index in [0.717, 1.165) is 16.9 Å². The first kappa shape index (κ1) is 15.4. The Balaban J connectivity index is 2.35. The van der Waals surface area contributed by atoms with Gasteiger partial charge in [0.05, 0.1) is 11.1 Å². The second-order valence-corrected chi connectivity index (χ2v) is 5.50. The Kier molecular flexibility index (Phi) is 4.23. The average Bonchev–Trinajstić information content (AvgIpc) is 2.70. The molecule has 2 aromatic rings. The molecule has 0 atom stereocenters. The Hall–Kier alpha value is -2.50. The van der Waals surface area contributed by atoms with E-state index in [1.807, 2.05) is 0 Å². The molecule has 1 aliphatic heterocycles. The highest BCUT2D eigenvalue weighted by atomic mass is 35.5. The van der Waals surface area contributed by atoms with Crippen LogP contribution in [0.3, 0.4) is 0 Å². The number of halogens is 1. The van der Waals surface area contributed by atoms with Crippen molar-refractivity contribution >= 4 is 29.4 Å². The van der Waals surface area contributed by atoms with Gasteiger partial charge in [-0.25, -0.2) is 10.1 Å². The van der Waals surface area contributed by atoms with Gasteiger partial charge in [0.25, 0.3) is 0 Å². The number of nitrogens with zero attached hydrogens (tertiary/aromatic N) is 3. The monoisotopic (exact) mass is 327 g/mol. The van der Waals surface area contributed by atoms with Gasteiger partial charge in [-0.2, -0.15) is 0 Å². The van der Waals surface area contributed by atoms with Gasteiger partial charge in [0.1, 0.15) is 18.7 Å². The van der Waals surface area contributed by atoms with Crippen molar-refractivity contribution in [3.63, 3.8) is 0 Å². The first-order valence-corrected chi connectivity index (χ1v) is 7.36. The molecule has 0 saturated carbocycles. The molecule has 0 unspecified atom stereocenters. The first-order valence-electron chi connectivity index (χ1n) is 6.98. The molecule has 1 N–H and O–H groups in total. The number of fused-ring (bicyclic) bond motifs is 1. The summed E-state index contributed by atoms with van der Waals surface area (Å²) in [6, 6.07) is 12.3. The van der Waals surface area contributed by atoms with Crippen LogP contribution in [0.5, 0.6) is 0 Å². The summed E-state index contributed by atoms with van der Waals surface area (Å²) in [5.41, 5.74) is 1.90. The Morgan fingerprint density at radius 3 is 2.65 bits per heavy atom. The molecule has 6 heteroatoms. The summed E-state index contributed by atoms with van der Waals surface area (Å²) in [5, 5.41) is 13.5. The fraction of sp³-hybridized carbons (Fsp3) is 0.118. The van der Waals surface area contributed by atoms with Crippen LogP contribution in [0.2, 0.25) is 5.02 Å². The molecule has 1 aliphatic rings. The third kappa shape index (κ3) is 3.02. The zero-order chi connectivity index (χ0) is 16.4. The first-order chi connectivity index (χ1) is 11.1. The van der Waals surface area contributed by atoms with Gasteiger partial charge in [0.15, 0.2) is 0 Å². The molecule has 116 valence electrons. The van der Waals surface area contributed by atoms with E-state index in [9.17, 15) is 10.0 Å². The van der Waals surface area contributed by atoms with Gasteiger partial charge in [-0.15, -0.1) is 0 Å².